The lowest BCUT2D eigenvalue weighted by Crippen LogP contribution is -1.98. The number of thioether (sulfide) groups is 2. The molecule has 1 aromatic rings. The van der Waals surface area contributed by atoms with Crippen LogP contribution < -0.4 is 4.74 Å². The van der Waals surface area contributed by atoms with E-state index in [1.54, 1.807) is 48.8 Å². The molecule has 0 N–H and O–H groups in total. The van der Waals surface area contributed by atoms with E-state index in [-0.39, 0.29) is 5.78 Å². The minimum absolute atomic E-state index is 0.0225. The van der Waals surface area contributed by atoms with Crippen molar-refractivity contribution in [2.24, 2.45) is 0 Å². The Labute approximate surface area is 103 Å². The molecular formula is C12H12O2S2. The van der Waals surface area contributed by atoms with Gasteiger partial charge in [-0.05, 0) is 12.1 Å². The first-order chi connectivity index (χ1) is 7.81. The Morgan fingerprint density at radius 3 is 2.69 bits per heavy atom. The number of ketones is 1. The molecule has 0 aromatic heterocycles. The average molecular weight is 252 g/mol. The van der Waals surface area contributed by atoms with Crippen LogP contribution in [0, 0.1) is 0 Å². The predicted molar refractivity (Wildman–Crippen MR) is 70.3 cm³/mol. The zero-order chi connectivity index (χ0) is 11.4. The van der Waals surface area contributed by atoms with E-state index in [2.05, 4.69) is 0 Å². The van der Waals surface area contributed by atoms with Gasteiger partial charge < -0.3 is 4.74 Å². The summed E-state index contributed by atoms with van der Waals surface area (Å²) in [6.45, 7) is 0. The van der Waals surface area contributed by atoms with E-state index in [4.69, 9.17) is 4.74 Å². The summed E-state index contributed by atoms with van der Waals surface area (Å²) in [5.41, 5.74) is 0.630. The zero-order valence-corrected chi connectivity index (χ0v) is 10.6. The smallest absolute Gasteiger partial charge is 0.191 e. The lowest BCUT2D eigenvalue weighted by Gasteiger charge is -2.04. The normalized spacial score (nSPS) is 14.9. The minimum atomic E-state index is 0.0225. The van der Waals surface area contributed by atoms with Crippen LogP contribution in [-0.4, -0.2) is 24.4 Å². The van der Waals surface area contributed by atoms with E-state index < -0.39 is 0 Å². The Kier molecular flexibility index (Phi) is 3.96. The first-order valence-electron chi connectivity index (χ1n) is 4.96. The molecule has 1 heterocycles. The molecule has 1 fully saturated rings. The molecule has 0 spiro atoms. The largest absolute Gasteiger partial charge is 0.496 e. The Balaban J connectivity index is 2.23. The van der Waals surface area contributed by atoms with Crippen molar-refractivity contribution >= 4 is 29.3 Å². The molecule has 0 radical (unpaired) electrons. The minimum Gasteiger partial charge on any atom is -0.496 e. The molecule has 1 aliphatic heterocycles. The van der Waals surface area contributed by atoms with Gasteiger partial charge in [0, 0.05) is 21.8 Å². The lowest BCUT2D eigenvalue weighted by atomic mass is 10.1. The second-order valence-corrected chi connectivity index (χ2v) is 5.76. The maximum absolute atomic E-state index is 12.0. The van der Waals surface area contributed by atoms with Gasteiger partial charge in [-0.25, -0.2) is 0 Å². The first-order valence-corrected chi connectivity index (χ1v) is 6.93. The monoisotopic (exact) mass is 252 g/mol. The van der Waals surface area contributed by atoms with Gasteiger partial charge in [0.15, 0.2) is 5.78 Å². The molecule has 0 unspecified atom stereocenters. The second-order valence-electron chi connectivity index (χ2n) is 3.22. The number of ether oxygens (including phenoxy) is 1. The number of allylic oxidation sites excluding steroid dienone is 1. The number of hydrogen-bond acceptors (Lipinski definition) is 4. The van der Waals surface area contributed by atoms with Crippen molar-refractivity contribution < 1.29 is 9.53 Å². The van der Waals surface area contributed by atoms with E-state index >= 15 is 0 Å². The van der Waals surface area contributed by atoms with Crippen molar-refractivity contribution in [3.63, 3.8) is 0 Å². The summed E-state index contributed by atoms with van der Waals surface area (Å²) in [7, 11) is 1.58. The van der Waals surface area contributed by atoms with Crippen molar-refractivity contribution in [2.45, 2.75) is 0 Å². The SMILES string of the molecule is COc1ccccc1C(=O)C=C1SCCS1. The van der Waals surface area contributed by atoms with Crippen LogP contribution in [0.15, 0.2) is 34.6 Å². The molecule has 84 valence electrons. The number of carbonyl (C=O) groups is 1. The fourth-order valence-corrected chi connectivity index (χ4v) is 3.73. The fraction of sp³-hybridized carbons (Fsp3) is 0.250. The van der Waals surface area contributed by atoms with Crippen LogP contribution in [0.4, 0.5) is 0 Å². The number of rotatable bonds is 3. The van der Waals surface area contributed by atoms with E-state index in [0.29, 0.717) is 11.3 Å². The number of benzene rings is 1. The van der Waals surface area contributed by atoms with Gasteiger partial charge in [-0.15, -0.1) is 23.5 Å². The third-order valence-corrected chi connectivity index (χ3v) is 4.78. The van der Waals surface area contributed by atoms with Crippen molar-refractivity contribution in [1.82, 2.24) is 0 Å². The van der Waals surface area contributed by atoms with Crippen LogP contribution >= 0.6 is 23.5 Å². The average Bonchev–Trinajstić information content (AvgIpc) is 2.81. The van der Waals surface area contributed by atoms with Gasteiger partial charge >= 0.3 is 0 Å². The molecule has 0 amide bonds. The topological polar surface area (TPSA) is 26.3 Å². The standard InChI is InChI=1S/C12H12O2S2/c1-14-11-5-3-2-4-9(11)10(13)8-12-15-6-7-16-12/h2-5,8H,6-7H2,1H3. The van der Waals surface area contributed by atoms with Gasteiger partial charge in [0.2, 0.25) is 0 Å². The van der Waals surface area contributed by atoms with Gasteiger partial charge in [-0.3, -0.25) is 4.79 Å². The molecular weight excluding hydrogens is 240 g/mol. The maximum atomic E-state index is 12.0. The van der Waals surface area contributed by atoms with Crippen LogP contribution in [0.3, 0.4) is 0 Å². The van der Waals surface area contributed by atoms with Gasteiger partial charge in [0.05, 0.1) is 12.7 Å². The summed E-state index contributed by atoms with van der Waals surface area (Å²) in [5, 5.41) is 0. The third-order valence-electron chi connectivity index (χ3n) is 2.19. The first kappa shape index (κ1) is 11.6. The number of hydrogen-bond donors (Lipinski definition) is 0. The van der Waals surface area contributed by atoms with E-state index in [9.17, 15) is 4.79 Å². The van der Waals surface area contributed by atoms with Crippen molar-refractivity contribution in [3.05, 3.63) is 40.1 Å². The summed E-state index contributed by atoms with van der Waals surface area (Å²) >= 11 is 3.48. The summed E-state index contributed by atoms with van der Waals surface area (Å²) in [5.74, 6) is 2.84. The molecule has 0 bridgehead atoms. The van der Waals surface area contributed by atoms with Gasteiger partial charge in [0.1, 0.15) is 5.75 Å². The Morgan fingerprint density at radius 2 is 2.00 bits per heavy atom. The molecule has 1 saturated heterocycles. The molecule has 0 atom stereocenters. The van der Waals surface area contributed by atoms with Crippen LogP contribution in [-0.2, 0) is 0 Å². The Hall–Kier alpha value is -0.870. The van der Waals surface area contributed by atoms with Crippen LogP contribution in [0.25, 0.3) is 0 Å². The Morgan fingerprint density at radius 1 is 1.31 bits per heavy atom. The molecule has 2 nitrogen and oxygen atoms in total. The van der Waals surface area contributed by atoms with Gasteiger partial charge in [-0.2, -0.15) is 0 Å². The van der Waals surface area contributed by atoms with Gasteiger partial charge in [0.25, 0.3) is 0 Å². The molecule has 1 aromatic carbocycles. The number of para-hydroxylation sites is 1. The molecule has 2 rings (SSSR count). The third kappa shape index (κ3) is 2.62. The molecule has 4 heteroatoms. The summed E-state index contributed by atoms with van der Waals surface area (Å²) < 4.78 is 6.27. The number of methoxy groups -OCH3 is 1. The second kappa shape index (κ2) is 5.46. The predicted octanol–water partition coefficient (Wildman–Crippen LogP) is 3.20. The highest BCUT2D eigenvalue weighted by molar-refractivity contribution is 8.25. The Bertz CT molecular complexity index is 419. The van der Waals surface area contributed by atoms with Crippen molar-refractivity contribution in [3.8, 4) is 5.75 Å². The fourth-order valence-electron chi connectivity index (χ4n) is 1.44. The van der Waals surface area contributed by atoms with Crippen LogP contribution in [0.2, 0.25) is 0 Å². The van der Waals surface area contributed by atoms with E-state index in [1.807, 2.05) is 12.1 Å². The summed E-state index contributed by atoms with van der Waals surface area (Å²) in [6, 6.07) is 7.31. The summed E-state index contributed by atoms with van der Waals surface area (Å²) in [6.07, 6.45) is 1.71. The van der Waals surface area contributed by atoms with Gasteiger partial charge in [-0.1, -0.05) is 12.1 Å². The maximum Gasteiger partial charge on any atom is 0.191 e. The molecule has 1 aliphatic rings. The summed E-state index contributed by atoms with van der Waals surface area (Å²) in [4.78, 5) is 12.0. The number of carbonyl (C=O) groups excluding carboxylic acids is 1. The van der Waals surface area contributed by atoms with Crippen LogP contribution in [0.5, 0.6) is 5.75 Å². The van der Waals surface area contributed by atoms with Crippen LogP contribution in [0.1, 0.15) is 10.4 Å². The van der Waals surface area contributed by atoms with Crippen molar-refractivity contribution in [2.75, 3.05) is 18.6 Å². The molecule has 0 saturated carbocycles. The highest BCUT2D eigenvalue weighted by Crippen LogP contribution is 2.36. The highest BCUT2D eigenvalue weighted by Gasteiger charge is 2.13. The van der Waals surface area contributed by atoms with E-state index in [0.717, 1.165) is 15.7 Å². The zero-order valence-electron chi connectivity index (χ0n) is 8.93. The quantitative estimate of drug-likeness (QED) is 0.609. The van der Waals surface area contributed by atoms with Crippen molar-refractivity contribution in [1.29, 1.82) is 0 Å². The molecule has 16 heavy (non-hydrogen) atoms. The lowest BCUT2D eigenvalue weighted by molar-refractivity contribution is 0.104. The van der Waals surface area contributed by atoms with E-state index in [1.165, 1.54) is 0 Å². The molecule has 0 aliphatic carbocycles. The highest BCUT2D eigenvalue weighted by atomic mass is 32.2.